The second kappa shape index (κ2) is 4.28. The monoisotopic (exact) mass is 258 g/mol. The lowest BCUT2D eigenvalue weighted by molar-refractivity contribution is 0.112. The van der Waals surface area contributed by atoms with E-state index in [1.807, 2.05) is 0 Å². The predicted octanol–water partition coefficient (Wildman–Crippen LogP) is 3.32. The third kappa shape index (κ3) is 1.79. The zero-order chi connectivity index (χ0) is 13.4. The number of H-pyrrole nitrogens is 1. The Bertz CT molecular complexity index is 766. The third-order valence-electron chi connectivity index (χ3n) is 2.95. The van der Waals surface area contributed by atoms with Crippen LogP contribution in [0, 0.1) is 11.6 Å². The van der Waals surface area contributed by atoms with Crippen LogP contribution in [0.15, 0.2) is 36.7 Å². The van der Waals surface area contributed by atoms with Crippen molar-refractivity contribution < 1.29 is 13.6 Å². The van der Waals surface area contributed by atoms with Crippen LogP contribution in [0.4, 0.5) is 8.78 Å². The number of aldehydes is 1. The number of rotatable bonds is 2. The SMILES string of the molecule is O=Cc1c(-c2ccncc2)[nH]c2c(F)cc(F)cc12. The van der Waals surface area contributed by atoms with Gasteiger partial charge in [0.1, 0.15) is 11.6 Å². The van der Waals surface area contributed by atoms with E-state index < -0.39 is 11.6 Å². The fourth-order valence-corrected chi connectivity index (χ4v) is 2.11. The van der Waals surface area contributed by atoms with E-state index in [4.69, 9.17) is 0 Å². The average Bonchev–Trinajstić information content (AvgIpc) is 2.78. The molecule has 2 aromatic heterocycles. The summed E-state index contributed by atoms with van der Waals surface area (Å²) < 4.78 is 26.9. The molecule has 0 aliphatic rings. The molecule has 94 valence electrons. The summed E-state index contributed by atoms with van der Waals surface area (Å²) in [5.74, 6) is -1.44. The minimum atomic E-state index is -0.724. The lowest BCUT2D eigenvalue weighted by Gasteiger charge is -1.97. The van der Waals surface area contributed by atoms with E-state index in [9.17, 15) is 13.6 Å². The number of pyridine rings is 1. The van der Waals surface area contributed by atoms with Crippen molar-refractivity contribution in [1.29, 1.82) is 0 Å². The zero-order valence-electron chi connectivity index (χ0n) is 9.65. The molecule has 3 aromatic rings. The molecule has 0 aliphatic heterocycles. The highest BCUT2D eigenvalue weighted by atomic mass is 19.1. The van der Waals surface area contributed by atoms with Gasteiger partial charge in [0.15, 0.2) is 6.29 Å². The van der Waals surface area contributed by atoms with E-state index in [0.29, 0.717) is 17.5 Å². The highest BCUT2D eigenvalue weighted by Crippen LogP contribution is 2.30. The quantitative estimate of drug-likeness (QED) is 0.717. The highest BCUT2D eigenvalue weighted by Gasteiger charge is 2.16. The molecule has 0 amide bonds. The van der Waals surface area contributed by atoms with Crippen molar-refractivity contribution in [3.8, 4) is 11.3 Å². The molecule has 1 N–H and O–H groups in total. The summed E-state index contributed by atoms with van der Waals surface area (Å²) >= 11 is 0. The van der Waals surface area contributed by atoms with Crippen LogP contribution in [0.5, 0.6) is 0 Å². The minimum Gasteiger partial charge on any atom is -0.352 e. The van der Waals surface area contributed by atoms with Gasteiger partial charge in [0.2, 0.25) is 0 Å². The second-order valence-electron chi connectivity index (χ2n) is 4.08. The van der Waals surface area contributed by atoms with Crippen molar-refractivity contribution >= 4 is 17.2 Å². The Morgan fingerprint density at radius 1 is 1.16 bits per heavy atom. The number of hydrogen-bond donors (Lipinski definition) is 1. The van der Waals surface area contributed by atoms with Gasteiger partial charge in [-0.1, -0.05) is 0 Å². The summed E-state index contributed by atoms with van der Waals surface area (Å²) in [6.07, 6.45) is 3.71. The van der Waals surface area contributed by atoms with Gasteiger partial charge in [0, 0.05) is 35.0 Å². The van der Waals surface area contributed by atoms with Gasteiger partial charge >= 0.3 is 0 Å². The Morgan fingerprint density at radius 2 is 1.89 bits per heavy atom. The highest BCUT2D eigenvalue weighted by molar-refractivity contribution is 6.04. The van der Waals surface area contributed by atoms with E-state index in [1.54, 1.807) is 24.5 Å². The fraction of sp³-hybridized carbons (Fsp3) is 0. The number of carbonyl (C=O) groups excluding carboxylic acids is 1. The first-order valence-electron chi connectivity index (χ1n) is 5.57. The maximum absolute atomic E-state index is 13.7. The van der Waals surface area contributed by atoms with Crippen LogP contribution < -0.4 is 0 Å². The Balaban J connectivity index is 2.38. The smallest absolute Gasteiger partial charge is 0.152 e. The van der Waals surface area contributed by atoms with E-state index in [2.05, 4.69) is 9.97 Å². The van der Waals surface area contributed by atoms with Gasteiger partial charge in [-0.25, -0.2) is 8.78 Å². The molecule has 1 aromatic carbocycles. The summed E-state index contributed by atoms with van der Waals surface area (Å²) in [4.78, 5) is 17.9. The molecule has 3 rings (SSSR count). The number of nitrogens with one attached hydrogen (secondary N) is 1. The van der Waals surface area contributed by atoms with E-state index >= 15 is 0 Å². The third-order valence-corrected chi connectivity index (χ3v) is 2.95. The summed E-state index contributed by atoms with van der Waals surface area (Å²) in [5.41, 5.74) is 1.50. The first kappa shape index (κ1) is 11.5. The molecule has 19 heavy (non-hydrogen) atoms. The van der Waals surface area contributed by atoms with Gasteiger partial charge in [0.05, 0.1) is 11.2 Å². The van der Waals surface area contributed by atoms with Gasteiger partial charge in [0.25, 0.3) is 0 Å². The molecule has 2 heterocycles. The Morgan fingerprint density at radius 3 is 2.58 bits per heavy atom. The lowest BCUT2D eigenvalue weighted by Crippen LogP contribution is -1.85. The van der Waals surface area contributed by atoms with Crippen molar-refractivity contribution in [1.82, 2.24) is 9.97 Å². The standard InChI is InChI=1S/C14H8F2N2O/c15-9-5-10-11(7-19)13(8-1-3-17-4-2-8)18-14(10)12(16)6-9/h1-7,18H. The Hall–Kier alpha value is -2.56. The van der Waals surface area contributed by atoms with Gasteiger partial charge in [-0.3, -0.25) is 9.78 Å². The second-order valence-corrected chi connectivity index (χ2v) is 4.08. The van der Waals surface area contributed by atoms with E-state index in [-0.39, 0.29) is 16.5 Å². The lowest BCUT2D eigenvalue weighted by atomic mass is 10.1. The maximum Gasteiger partial charge on any atom is 0.152 e. The predicted molar refractivity (Wildman–Crippen MR) is 66.8 cm³/mol. The molecule has 0 fully saturated rings. The van der Waals surface area contributed by atoms with E-state index in [0.717, 1.165) is 12.1 Å². The first-order chi connectivity index (χ1) is 9.20. The number of fused-ring (bicyclic) bond motifs is 1. The normalized spacial score (nSPS) is 10.8. The largest absolute Gasteiger partial charge is 0.352 e. The van der Waals surface area contributed by atoms with Crippen LogP contribution in [0.3, 0.4) is 0 Å². The first-order valence-corrected chi connectivity index (χ1v) is 5.57. The van der Waals surface area contributed by atoms with Crippen LogP contribution in [-0.2, 0) is 0 Å². The molecule has 0 bridgehead atoms. The fourth-order valence-electron chi connectivity index (χ4n) is 2.11. The Labute approximate surface area is 106 Å². The topological polar surface area (TPSA) is 45.8 Å². The van der Waals surface area contributed by atoms with Crippen LogP contribution in [0.1, 0.15) is 10.4 Å². The number of benzene rings is 1. The molecule has 0 spiro atoms. The van der Waals surface area contributed by atoms with Crippen molar-refractivity contribution in [3.63, 3.8) is 0 Å². The summed E-state index contributed by atoms with van der Waals surface area (Å²) in [7, 11) is 0. The van der Waals surface area contributed by atoms with Crippen molar-refractivity contribution in [3.05, 3.63) is 53.9 Å². The molecule has 0 saturated carbocycles. The number of nitrogens with zero attached hydrogens (tertiary/aromatic N) is 1. The molecule has 0 radical (unpaired) electrons. The summed E-state index contributed by atoms with van der Waals surface area (Å²) in [6, 6.07) is 5.30. The van der Waals surface area contributed by atoms with Crippen molar-refractivity contribution in [2.45, 2.75) is 0 Å². The van der Waals surface area contributed by atoms with Gasteiger partial charge < -0.3 is 4.98 Å². The molecule has 0 saturated heterocycles. The number of carbonyl (C=O) groups is 1. The molecule has 3 nitrogen and oxygen atoms in total. The Kier molecular flexibility index (Phi) is 2.59. The molecule has 0 unspecified atom stereocenters. The molecule has 0 aliphatic carbocycles. The summed E-state index contributed by atoms with van der Waals surface area (Å²) in [6.45, 7) is 0. The van der Waals surface area contributed by atoms with Crippen LogP contribution in [-0.4, -0.2) is 16.3 Å². The number of aromatic nitrogens is 2. The number of halogens is 2. The molecule has 5 heteroatoms. The van der Waals surface area contributed by atoms with Crippen LogP contribution in [0.25, 0.3) is 22.2 Å². The molecule has 0 atom stereocenters. The van der Waals surface area contributed by atoms with Crippen LogP contribution >= 0.6 is 0 Å². The van der Waals surface area contributed by atoms with Gasteiger partial charge in [-0.15, -0.1) is 0 Å². The van der Waals surface area contributed by atoms with Gasteiger partial charge in [-0.05, 0) is 18.2 Å². The molecular formula is C14H8F2N2O. The summed E-state index contributed by atoms with van der Waals surface area (Å²) in [5, 5.41) is 0.235. The molecular weight excluding hydrogens is 250 g/mol. The maximum atomic E-state index is 13.7. The minimum absolute atomic E-state index is 0.121. The average molecular weight is 258 g/mol. The van der Waals surface area contributed by atoms with Crippen molar-refractivity contribution in [2.24, 2.45) is 0 Å². The van der Waals surface area contributed by atoms with Crippen LogP contribution in [0.2, 0.25) is 0 Å². The van der Waals surface area contributed by atoms with E-state index in [1.165, 1.54) is 0 Å². The van der Waals surface area contributed by atoms with Crippen molar-refractivity contribution in [2.75, 3.05) is 0 Å². The number of aromatic amines is 1. The zero-order valence-corrected chi connectivity index (χ0v) is 9.65. The number of hydrogen-bond acceptors (Lipinski definition) is 2. The van der Waals surface area contributed by atoms with Gasteiger partial charge in [-0.2, -0.15) is 0 Å².